The maximum atomic E-state index is 14.5. The van der Waals surface area contributed by atoms with Crippen LogP contribution in [0.3, 0.4) is 0 Å². The smallest absolute Gasteiger partial charge is 0.276 e. The molecule has 1 amide bonds. The van der Waals surface area contributed by atoms with E-state index in [1.54, 1.807) is 23.7 Å². The summed E-state index contributed by atoms with van der Waals surface area (Å²) in [5.41, 5.74) is 2.58. The number of nitrogens with zero attached hydrogens (tertiary/aromatic N) is 4. The number of fused-ring (bicyclic) bond motifs is 1. The average molecular weight is 450 g/mol. The van der Waals surface area contributed by atoms with Crippen LogP contribution in [0.1, 0.15) is 34.9 Å². The zero-order valence-corrected chi connectivity index (χ0v) is 17.9. The van der Waals surface area contributed by atoms with Gasteiger partial charge in [0.05, 0.1) is 17.9 Å². The first-order valence-corrected chi connectivity index (χ1v) is 10.6. The number of aromatic nitrogens is 2. The normalized spacial score (nSPS) is 15.9. The zero-order valence-electron chi connectivity index (χ0n) is 17.9. The van der Waals surface area contributed by atoms with Crippen LogP contribution < -0.4 is 9.80 Å². The number of hydrogen-bond donors (Lipinski definition) is 0. The second-order valence-electron chi connectivity index (χ2n) is 8.12. The fraction of sp³-hybridized carbons (Fsp3) is 0.200. The van der Waals surface area contributed by atoms with Crippen LogP contribution in [-0.2, 0) is 0 Å². The second-order valence-corrected chi connectivity index (χ2v) is 8.12. The molecule has 1 unspecified atom stereocenters. The summed E-state index contributed by atoms with van der Waals surface area (Å²) in [6.45, 7) is 0.680. The van der Waals surface area contributed by atoms with Crippen LogP contribution in [-0.4, -0.2) is 28.9 Å². The molecule has 0 radical (unpaired) electrons. The number of benzene rings is 2. The van der Waals surface area contributed by atoms with Gasteiger partial charge in [-0.3, -0.25) is 9.20 Å². The minimum atomic E-state index is -0.472. The molecule has 0 aliphatic carbocycles. The number of carbonyl (C=O) groups is 1. The summed E-state index contributed by atoms with van der Waals surface area (Å²) in [4.78, 5) is 21.0. The molecule has 3 heterocycles. The van der Waals surface area contributed by atoms with Gasteiger partial charge in [0, 0.05) is 31.0 Å². The van der Waals surface area contributed by atoms with Gasteiger partial charge in [0.15, 0.2) is 0 Å². The Morgan fingerprint density at radius 2 is 1.79 bits per heavy atom. The Morgan fingerprint density at radius 1 is 1.03 bits per heavy atom. The van der Waals surface area contributed by atoms with Gasteiger partial charge in [-0.2, -0.15) is 0 Å². The van der Waals surface area contributed by atoms with Crippen molar-refractivity contribution < 1.29 is 18.0 Å². The van der Waals surface area contributed by atoms with Crippen molar-refractivity contribution in [3.63, 3.8) is 0 Å². The highest BCUT2D eigenvalue weighted by Crippen LogP contribution is 2.37. The summed E-state index contributed by atoms with van der Waals surface area (Å²) in [6, 6.07) is 12.5. The zero-order chi connectivity index (χ0) is 23.1. The third-order valence-electron chi connectivity index (χ3n) is 6.13. The largest absolute Gasteiger partial charge is 0.363 e. The van der Waals surface area contributed by atoms with Gasteiger partial charge in [0.25, 0.3) is 5.91 Å². The van der Waals surface area contributed by atoms with Gasteiger partial charge in [-0.25, -0.2) is 18.2 Å². The van der Waals surface area contributed by atoms with E-state index < -0.39 is 11.6 Å². The van der Waals surface area contributed by atoms with Gasteiger partial charge in [0.1, 0.15) is 28.8 Å². The minimum Gasteiger partial charge on any atom is -0.363 e. The maximum Gasteiger partial charge on any atom is 0.276 e. The van der Waals surface area contributed by atoms with Gasteiger partial charge in [-0.15, -0.1) is 0 Å². The molecule has 5 rings (SSSR count). The highest BCUT2D eigenvalue weighted by atomic mass is 19.1. The maximum absolute atomic E-state index is 14.5. The second kappa shape index (κ2) is 8.27. The standard InChI is InChI=1S/C25H21F3N4O/c1-30(18-7-4-16(26)5-8-18)25(33)23-14-29-24-11-9-19(15-32(23)24)31-12-2-3-22(31)20-13-17(27)6-10-21(20)28/h4-11,13-15,22H,2-3,12H2,1H3. The lowest BCUT2D eigenvalue weighted by atomic mass is 10.0. The molecule has 33 heavy (non-hydrogen) atoms. The Kier molecular flexibility index (Phi) is 5.28. The monoisotopic (exact) mass is 450 g/mol. The van der Waals surface area contributed by atoms with Gasteiger partial charge in [-0.05, 0) is 67.4 Å². The number of hydrogen-bond acceptors (Lipinski definition) is 3. The van der Waals surface area contributed by atoms with Gasteiger partial charge in [-0.1, -0.05) is 0 Å². The van der Waals surface area contributed by atoms with Gasteiger partial charge < -0.3 is 9.80 Å². The Labute approximate surface area is 188 Å². The quantitative estimate of drug-likeness (QED) is 0.420. The van der Waals surface area contributed by atoms with E-state index in [1.807, 2.05) is 11.0 Å². The summed E-state index contributed by atoms with van der Waals surface area (Å²) in [6.07, 6.45) is 4.82. The van der Waals surface area contributed by atoms with E-state index in [2.05, 4.69) is 4.98 Å². The van der Waals surface area contributed by atoms with Crippen LogP contribution in [0, 0.1) is 17.5 Å². The Bertz CT molecular complexity index is 1340. The lowest BCUT2D eigenvalue weighted by molar-refractivity contribution is 0.0987. The van der Waals surface area contributed by atoms with E-state index in [0.717, 1.165) is 24.2 Å². The molecule has 8 heteroatoms. The number of halogens is 3. The Balaban J connectivity index is 1.50. The van der Waals surface area contributed by atoms with Crippen molar-refractivity contribution >= 4 is 22.9 Å². The van der Waals surface area contributed by atoms with E-state index in [-0.39, 0.29) is 17.8 Å². The van der Waals surface area contributed by atoms with Crippen molar-refractivity contribution in [1.29, 1.82) is 0 Å². The molecule has 4 aromatic rings. The van der Waals surface area contributed by atoms with Crippen molar-refractivity contribution in [1.82, 2.24) is 9.38 Å². The molecule has 0 spiro atoms. The van der Waals surface area contributed by atoms with Crippen molar-refractivity contribution in [2.45, 2.75) is 18.9 Å². The van der Waals surface area contributed by atoms with Crippen LogP contribution >= 0.6 is 0 Å². The van der Waals surface area contributed by atoms with Crippen molar-refractivity contribution in [3.8, 4) is 0 Å². The molecule has 0 N–H and O–H groups in total. The topological polar surface area (TPSA) is 40.9 Å². The van der Waals surface area contributed by atoms with Crippen molar-refractivity contribution in [2.75, 3.05) is 23.4 Å². The first-order chi connectivity index (χ1) is 15.9. The minimum absolute atomic E-state index is 0.303. The van der Waals surface area contributed by atoms with E-state index in [0.29, 0.717) is 35.6 Å². The molecule has 1 saturated heterocycles. The highest BCUT2D eigenvalue weighted by Gasteiger charge is 2.29. The van der Waals surface area contributed by atoms with Crippen LogP contribution in [0.25, 0.3) is 5.65 Å². The van der Waals surface area contributed by atoms with E-state index >= 15 is 0 Å². The van der Waals surface area contributed by atoms with Crippen LogP contribution in [0.2, 0.25) is 0 Å². The van der Waals surface area contributed by atoms with Crippen LogP contribution in [0.15, 0.2) is 67.0 Å². The van der Waals surface area contributed by atoms with Crippen molar-refractivity contribution in [2.24, 2.45) is 0 Å². The summed E-state index contributed by atoms with van der Waals surface area (Å²) < 4.78 is 43.2. The summed E-state index contributed by atoms with van der Waals surface area (Å²) in [7, 11) is 1.61. The number of amides is 1. The van der Waals surface area contributed by atoms with E-state index in [1.165, 1.54) is 41.4 Å². The molecular weight excluding hydrogens is 429 g/mol. The SMILES string of the molecule is CN(C(=O)c1cnc2ccc(N3CCCC3c3cc(F)ccc3F)cn12)c1ccc(F)cc1. The molecule has 5 nitrogen and oxygen atoms in total. The Morgan fingerprint density at radius 3 is 2.58 bits per heavy atom. The lowest BCUT2D eigenvalue weighted by Crippen LogP contribution is -2.27. The number of anilines is 2. The molecule has 1 aliphatic heterocycles. The number of pyridine rings is 1. The molecule has 2 aromatic carbocycles. The molecular formula is C25H21F3N4O. The number of imidazole rings is 1. The molecule has 0 saturated carbocycles. The van der Waals surface area contributed by atoms with Gasteiger partial charge >= 0.3 is 0 Å². The average Bonchev–Trinajstić information content (AvgIpc) is 3.47. The van der Waals surface area contributed by atoms with E-state index in [9.17, 15) is 18.0 Å². The van der Waals surface area contributed by atoms with Crippen LogP contribution in [0.5, 0.6) is 0 Å². The predicted molar refractivity (Wildman–Crippen MR) is 120 cm³/mol. The summed E-state index contributed by atoms with van der Waals surface area (Å²) in [5.74, 6) is -1.59. The number of carbonyl (C=O) groups excluding carboxylic acids is 1. The highest BCUT2D eigenvalue weighted by molar-refractivity contribution is 6.05. The van der Waals surface area contributed by atoms with E-state index in [4.69, 9.17) is 0 Å². The summed E-state index contributed by atoms with van der Waals surface area (Å²) >= 11 is 0. The third-order valence-corrected chi connectivity index (χ3v) is 6.13. The van der Waals surface area contributed by atoms with Gasteiger partial charge in [0.2, 0.25) is 0 Å². The summed E-state index contributed by atoms with van der Waals surface area (Å²) in [5, 5.41) is 0. The molecule has 0 bridgehead atoms. The predicted octanol–water partition coefficient (Wildman–Crippen LogP) is 5.37. The molecule has 1 fully saturated rings. The molecule has 2 aromatic heterocycles. The molecule has 168 valence electrons. The molecule has 1 aliphatic rings. The Hall–Kier alpha value is -3.81. The fourth-order valence-corrected chi connectivity index (χ4v) is 4.42. The van der Waals surface area contributed by atoms with Crippen LogP contribution in [0.4, 0.5) is 24.5 Å². The number of rotatable bonds is 4. The third kappa shape index (κ3) is 3.82. The lowest BCUT2D eigenvalue weighted by Gasteiger charge is -2.27. The van der Waals surface area contributed by atoms with Crippen molar-refractivity contribution in [3.05, 3.63) is 95.7 Å². The fourth-order valence-electron chi connectivity index (χ4n) is 4.42. The first kappa shape index (κ1) is 21.1. The first-order valence-electron chi connectivity index (χ1n) is 10.6. The molecule has 1 atom stereocenters.